The standard InChI is InChI=1S/C21H12ClF6N3O2/c1-10-7-11(9-31-16(21(26,27)28)8-15(30-31)20(23,24)25)5-6-14(10)29-18-12-3-2-4-13(22)17(12)19(32)33-18/h2-8H,9H2,1H3. The fourth-order valence-corrected chi connectivity index (χ4v) is 3.57. The summed E-state index contributed by atoms with van der Waals surface area (Å²) in [4.78, 5) is 16.3. The summed E-state index contributed by atoms with van der Waals surface area (Å²) in [5, 5.41) is 3.30. The molecule has 0 amide bonds. The lowest BCUT2D eigenvalue weighted by atomic mass is 10.1. The molecule has 0 bridgehead atoms. The number of benzene rings is 2. The third-order valence-electron chi connectivity index (χ3n) is 4.81. The summed E-state index contributed by atoms with van der Waals surface area (Å²) in [7, 11) is 0. The molecule has 1 aliphatic heterocycles. The molecule has 0 radical (unpaired) electrons. The fraction of sp³-hybridized carbons (Fsp3) is 0.190. The number of nitrogens with zero attached hydrogens (tertiary/aromatic N) is 3. The number of ether oxygens (including phenoxy) is 1. The molecule has 172 valence electrons. The highest BCUT2D eigenvalue weighted by Gasteiger charge is 2.41. The van der Waals surface area contributed by atoms with Crippen molar-refractivity contribution < 1.29 is 35.9 Å². The van der Waals surface area contributed by atoms with Gasteiger partial charge in [0.1, 0.15) is 5.69 Å². The number of alkyl halides is 6. The fourth-order valence-electron chi connectivity index (χ4n) is 3.31. The lowest BCUT2D eigenvalue weighted by molar-refractivity contribution is -0.144. The smallest absolute Gasteiger partial charge is 0.403 e. The SMILES string of the molecule is Cc1cc(Cn2nc(C(F)(F)F)cc2C(F)(F)F)ccc1N=C1OC(=O)c2c(Cl)cccc21. The Labute approximate surface area is 187 Å². The molecule has 0 spiro atoms. The van der Waals surface area contributed by atoms with E-state index in [0.29, 0.717) is 16.8 Å². The van der Waals surface area contributed by atoms with Crippen molar-refractivity contribution in [3.05, 3.63) is 81.1 Å². The van der Waals surface area contributed by atoms with Crippen molar-refractivity contribution in [2.45, 2.75) is 25.8 Å². The van der Waals surface area contributed by atoms with Gasteiger partial charge in [-0.25, -0.2) is 9.79 Å². The quantitative estimate of drug-likeness (QED) is 0.327. The zero-order valence-electron chi connectivity index (χ0n) is 16.6. The summed E-state index contributed by atoms with van der Waals surface area (Å²) in [5.41, 5.74) is -1.47. The molecule has 0 atom stereocenters. The van der Waals surface area contributed by atoms with Crippen molar-refractivity contribution in [2.24, 2.45) is 4.99 Å². The highest BCUT2D eigenvalue weighted by molar-refractivity contribution is 6.36. The van der Waals surface area contributed by atoms with Gasteiger partial charge in [-0.15, -0.1) is 0 Å². The van der Waals surface area contributed by atoms with E-state index in [4.69, 9.17) is 16.3 Å². The van der Waals surface area contributed by atoms with E-state index in [1.165, 1.54) is 24.3 Å². The van der Waals surface area contributed by atoms with Crippen molar-refractivity contribution >= 4 is 29.2 Å². The summed E-state index contributed by atoms with van der Waals surface area (Å²) in [5.74, 6) is -0.656. The molecule has 1 aromatic heterocycles. The molecule has 3 aromatic rings. The molecule has 2 aromatic carbocycles. The van der Waals surface area contributed by atoms with Gasteiger partial charge in [0.15, 0.2) is 5.69 Å². The van der Waals surface area contributed by atoms with Crippen LogP contribution < -0.4 is 0 Å². The number of halogens is 7. The maximum Gasteiger partial charge on any atom is 0.435 e. The van der Waals surface area contributed by atoms with E-state index in [2.05, 4.69) is 10.1 Å². The number of carbonyl (C=O) groups is 1. The Bertz CT molecular complexity index is 1290. The number of hydrogen-bond donors (Lipinski definition) is 0. The summed E-state index contributed by atoms with van der Waals surface area (Å²) in [6.07, 6.45) is -10.0. The van der Waals surface area contributed by atoms with Crippen LogP contribution in [0.2, 0.25) is 5.02 Å². The maximum absolute atomic E-state index is 13.2. The van der Waals surface area contributed by atoms with Crippen molar-refractivity contribution in [2.75, 3.05) is 0 Å². The first kappa shape index (κ1) is 22.8. The van der Waals surface area contributed by atoms with Crippen LogP contribution in [-0.2, 0) is 23.6 Å². The Morgan fingerprint density at radius 2 is 1.79 bits per heavy atom. The van der Waals surface area contributed by atoms with E-state index in [9.17, 15) is 31.1 Å². The van der Waals surface area contributed by atoms with Gasteiger partial charge >= 0.3 is 18.3 Å². The number of carbonyl (C=O) groups excluding carboxylic acids is 1. The molecule has 0 unspecified atom stereocenters. The molecule has 0 saturated carbocycles. The minimum Gasteiger partial charge on any atom is -0.403 e. The topological polar surface area (TPSA) is 56.5 Å². The van der Waals surface area contributed by atoms with Crippen LogP contribution >= 0.6 is 11.6 Å². The van der Waals surface area contributed by atoms with Gasteiger partial charge < -0.3 is 4.74 Å². The molecule has 0 fully saturated rings. The predicted octanol–water partition coefficient (Wildman–Crippen LogP) is 6.18. The number of aliphatic imine (C=N–C) groups is 1. The molecule has 1 aliphatic rings. The second-order valence-electron chi connectivity index (χ2n) is 7.16. The minimum absolute atomic E-state index is 0.00889. The first-order valence-electron chi connectivity index (χ1n) is 9.26. The third kappa shape index (κ3) is 4.45. The molecular weight excluding hydrogens is 476 g/mol. The molecule has 4 rings (SSSR count). The summed E-state index contributed by atoms with van der Waals surface area (Å²) >= 11 is 6.02. The number of esters is 1. The van der Waals surface area contributed by atoms with Crippen LogP contribution in [-0.4, -0.2) is 21.6 Å². The van der Waals surface area contributed by atoms with Crippen LogP contribution in [0.3, 0.4) is 0 Å². The third-order valence-corrected chi connectivity index (χ3v) is 5.13. The van der Waals surface area contributed by atoms with Crippen molar-refractivity contribution in [3.8, 4) is 0 Å². The second-order valence-corrected chi connectivity index (χ2v) is 7.56. The van der Waals surface area contributed by atoms with Gasteiger partial charge in [0.25, 0.3) is 0 Å². The lowest BCUT2D eigenvalue weighted by Gasteiger charge is -2.11. The van der Waals surface area contributed by atoms with E-state index in [0.717, 1.165) is 0 Å². The van der Waals surface area contributed by atoms with E-state index in [1.807, 2.05) is 0 Å². The van der Waals surface area contributed by atoms with Crippen LogP contribution in [0, 0.1) is 6.92 Å². The van der Waals surface area contributed by atoms with Crippen molar-refractivity contribution in [3.63, 3.8) is 0 Å². The van der Waals surface area contributed by atoms with Crippen LogP contribution in [0.15, 0.2) is 47.5 Å². The van der Waals surface area contributed by atoms with Gasteiger partial charge in [-0.2, -0.15) is 31.4 Å². The van der Waals surface area contributed by atoms with Gasteiger partial charge in [0, 0.05) is 6.07 Å². The first-order valence-corrected chi connectivity index (χ1v) is 9.64. The summed E-state index contributed by atoms with van der Waals surface area (Å²) < 4.78 is 83.7. The predicted molar refractivity (Wildman–Crippen MR) is 106 cm³/mol. The van der Waals surface area contributed by atoms with Gasteiger partial charge in [0.2, 0.25) is 5.90 Å². The van der Waals surface area contributed by atoms with Gasteiger partial charge in [-0.3, -0.25) is 4.68 Å². The average Bonchev–Trinajstić information content (AvgIpc) is 3.26. The van der Waals surface area contributed by atoms with Crippen LogP contribution in [0.25, 0.3) is 0 Å². The van der Waals surface area contributed by atoms with Crippen molar-refractivity contribution in [1.82, 2.24) is 9.78 Å². The van der Waals surface area contributed by atoms with E-state index < -0.39 is 36.3 Å². The number of aryl methyl sites for hydroxylation is 1. The van der Waals surface area contributed by atoms with Crippen LogP contribution in [0.4, 0.5) is 32.0 Å². The Hall–Kier alpha value is -3.34. The molecule has 5 nitrogen and oxygen atoms in total. The second kappa shape index (κ2) is 7.91. The number of rotatable bonds is 3. The van der Waals surface area contributed by atoms with E-state index >= 15 is 0 Å². The molecule has 0 saturated heterocycles. The normalized spacial score (nSPS) is 15.2. The van der Waals surface area contributed by atoms with Gasteiger partial charge in [0.05, 0.1) is 28.4 Å². The average molecular weight is 488 g/mol. The molecule has 12 heteroatoms. The van der Waals surface area contributed by atoms with Crippen molar-refractivity contribution in [1.29, 1.82) is 0 Å². The molecule has 0 aliphatic carbocycles. The van der Waals surface area contributed by atoms with Gasteiger partial charge in [-0.1, -0.05) is 29.8 Å². The Balaban J connectivity index is 1.66. The van der Waals surface area contributed by atoms with E-state index in [1.54, 1.807) is 19.1 Å². The number of fused-ring (bicyclic) bond motifs is 1. The highest BCUT2D eigenvalue weighted by Crippen LogP contribution is 2.36. The zero-order chi connectivity index (χ0) is 24.1. The Morgan fingerprint density at radius 3 is 2.42 bits per heavy atom. The Morgan fingerprint density at radius 1 is 1.06 bits per heavy atom. The maximum atomic E-state index is 13.2. The Kier molecular flexibility index (Phi) is 5.47. The highest BCUT2D eigenvalue weighted by atomic mass is 35.5. The monoisotopic (exact) mass is 487 g/mol. The number of aromatic nitrogens is 2. The molecular formula is C21H12ClF6N3O2. The lowest BCUT2D eigenvalue weighted by Crippen LogP contribution is -2.15. The summed E-state index contributed by atoms with van der Waals surface area (Å²) in [6, 6.07) is 9.04. The largest absolute Gasteiger partial charge is 0.435 e. The first-order chi connectivity index (χ1) is 15.3. The van der Waals surface area contributed by atoms with Crippen LogP contribution in [0.5, 0.6) is 0 Å². The molecule has 33 heavy (non-hydrogen) atoms. The van der Waals surface area contributed by atoms with E-state index in [-0.39, 0.29) is 32.8 Å². The number of cyclic esters (lactones) is 1. The number of hydrogen-bond acceptors (Lipinski definition) is 4. The molecule has 0 N–H and O–H groups in total. The zero-order valence-corrected chi connectivity index (χ0v) is 17.3. The molecule has 2 heterocycles. The van der Waals surface area contributed by atoms with Gasteiger partial charge in [-0.05, 0) is 36.2 Å². The van der Waals surface area contributed by atoms with Crippen LogP contribution in [0.1, 0.15) is 38.4 Å². The summed E-state index contributed by atoms with van der Waals surface area (Å²) in [6.45, 7) is 1.06. The minimum atomic E-state index is -5.02.